The second-order valence-electron chi connectivity index (χ2n) is 3.41. The molecule has 0 atom stereocenters. The van der Waals surface area contributed by atoms with Crippen LogP contribution in [0.25, 0.3) is 15.1 Å². The van der Waals surface area contributed by atoms with E-state index >= 15 is 0 Å². The number of allylic oxidation sites excluding steroid dienone is 1. The Morgan fingerprint density at radius 2 is 2.19 bits per heavy atom. The van der Waals surface area contributed by atoms with Crippen LogP contribution in [0.1, 0.15) is 18.2 Å². The number of hydrogen-bond donors (Lipinski definition) is 0. The lowest BCUT2D eigenvalue weighted by molar-refractivity contribution is 1.16. The van der Waals surface area contributed by atoms with Crippen molar-refractivity contribution in [3.05, 3.63) is 40.8 Å². The van der Waals surface area contributed by atoms with E-state index in [-0.39, 0.29) is 0 Å². The third-order valence-electron chi connectivity index (χ3n) is 2.40. The summed E-state index contributed by atoms with van der Waals surface area (Å²) in [6.07, 6.45) is 0.670. The number of fused-ring (bicyclic) bond motifs is 1. The van der Waals surface area contributed by atoms with Crippen LogP contribution < -0.4 is 0 Å². The summed E-state index contributed by atoms with van der Waals surface area (Å²) >= 11 is 7.84. The number of rotatable bonds is 2. The first-order chi connectivity index (χ1) is 7.76. The number of hydrogen-bond acceptors (Lipinski definition) is 2. The van der Waals surface area contributed by atoms with Crippen molar-refractivity contribution in [3.63, 3.8) is 0 Å². The van der Waals surface area contributed by atoms with Crippen LogP contribution in [0.15, 0.2) is 35.9 Å². The van der Waals surface area contributed by atoms with E-state index in [9.17, 15) is 0 Å². The molecule has 1 nitrogen and oxygen atoms in total. The lowest BCUT2D eigenvalue weighted by Gasteiger charge is -1.96. The Morgan fingerprint density at radius 1 is 1.44 bits per heavy atom. The Kier molecular flexibility index (Phi) is 3.28. The normalized spacial score (nSPS) is 12.3. The summed E-state index contributed by atoms with van der Waals surface area (Å²) in [5.74, 6) is 0. The summed E-state index contributed by atoms with van der Waals surface area (Å²) in [7, 11) is 0. The van der Waals surface area contributed by atoms with Crippen LogP contribution in [0.3, 0.4) is 0 Å². The van der Waals surface area contributed by atoms with Crippen LogP contribution in [0.2, 0.25) is 0 Å². The third kappa shape index (κ3) is 1.97. The summed E-state index contributed by atoms with van der Waals surface area (Å²) < 4.78 is 1.20. The molecule has 0 spiro atoms. The summed E-state index contributed by atoms with van der Waals surface area (Å²) in [6.45, 7) is 1.94. The fraction of sp³-hybridized carbons (Fsp3) is 0.154. The average molecular weight is 248 g/mol. The molecule has 0 bridgehead atoms. The molecule has 80 valence electrons. The van der Waals surface area contributed by atoms with Gasteiger partial charge in [0, 0.05) is 15.2 Å². The van der Waals surface area contributed by atoms with Gasteiger partial charge >= 0.3 is 0 Å². The van der Waals surface area contributed by atoms with Crippen molar-refractivity contribution in [2.75, 3.05) is 0 Å². The van der Waals surface area contributed by atoms with Crippen LogP contribution in [0.4, 0.5) is 0 Å². The fourth-order valence-corrected chi connectivity index (χ4v) is 2.90. The second kappa shape index (κ2) is 4.69. The Labute approximate surface area is 104 Å². The van der Waals surface area contributed by atoms with Gasteiger partial charge in [-0.2, -0.15) is 5.26 Å². The van der Waals surface area contributed by atoms with E-state index in [1.54, 1.807) is 11.3 Å². The molecule has 0 radical (unpaired) electrons. The highest BCUT2D eigenvalue weighted by atomic mass is 35.5. The highest BCUT2D eigenvalue weighted by Crippen LogP contribution is 2.34. The Hall–Kier alpha value is -1.30. The van der Waals surface area contributed by atoms with Gasteiger partial charge in [-0.25, -0.2) is 0 Å². The lowest BCUT2D eigenvalue weighted by Crippen LogP contribution is -1.79. The first kappa shape index (κ1) is 11.2. The third-order valence-corrected chi connectivity index (χ3v) is 4.07. The molecule has 0 aliphatic heterocycles. The molecule has 0 aliphatic rings. The number of nitriles is 1. The van der Waals surface area contributed by atoms with Crippen molar-refractivity contribution in [1.29, 1.82) is 5.26 Å². The van der Waals surface area contributed by atoms with Gasteiger partial charge < -0.3 is 0 Å². The van der Waals surface area contributed by atoms with Crippen LogP contribution in [-0.2, 0) is 0 Å². The molecule has 2 aromatic rings. The number of benzene rings is 1. The molecule has 0 N–H and O–H groups in total. The van der Waals surface area contributed by atoms with Crippen molar-refractivity contribution in [2.45, 2.75) is 13.3 Å². The molecular formula is C13H10ClNS. The van der Waals surface area contributed by atoms with E-state index in [0.29, 0.717) is 17.0 Å². The van der Waals surface area contributed by atoms with Gasteiger partial charge in [-0.05, 0) is 23.9 Å². The largest absolute Gasteiger partial charge is 0.193 e. The minimum absolute atomic E-state index is 0.589. The molecule has 0 unspecified atom stereocenters. The predicted molar refractivity (Wildman–Crippen MR) is 70.5 cm³/mol. The molecular weight excluding hydrogens is 238 g/mol. The van der Waals surface area contributed by atoms with Crippen LogP contribution in [0, 0.1) is 11.3 Å². The molecule has 0 fully saturated rings. The summed E-state index contributed by atoms with van der Waals surface area (Å²) in [5.41, 5.74) is 0.647. The standard InChI is InChI=1S/C13H10ClNS/c1-2-9(8-15)13(14)12-7-10-5-3-4-6-11(10)16-12/h3-7H,2H2,1H3. The van der Waals surface area contributed by atoms with Crippen molar-refractivity contribution in [1.82, 2.24) is 0 Å². The zero-order valence-electron chi connectivity index (χ0n) is 8.83. The highest BCUT2D eigenvalue weighted by Gasteiger charge is 2.08. The van der Waals surface area contributed by atoms with Gasteiger partial charge in [-0.3, -0.25) is 0 Å². The maximum atomic E-state index is 8.94. The Morgan fingerprint density at radius 3 is 2.81 bits per heavy atom. The molecule has 1 aromatic carbocycles. The van der Waals surface area contributed by atoms with Gasteiger partial charge in [0.15, 0.2) is 0 Å². The summed E-state index contributed by atoms with van der Waals surface area (Å²) in [6, 6.07) is 12.3. The van der Waals surface area contributed by atoms with Crippen molar-refractivity contribution in [3.8, 4) is 6.07 Å². The smallest absolute Gasteiger partial charge is 0.0963 e. The van der Waals surface area contributed by atoms with E-state index in [1.165, 1.54) is 10.1 Å². The monoisotopic (exact) mass is 247 g/mol. The first-order valence-corrected chi connectivity index (χ1v) is 6.23. The van der Waals surface area contributed by atoms with E-state index in [2.05, 4.69) is 18.2 Å². The summed E-state index contributed by atoms with van der Waals surface area (Å²) in [4.78, 5) is 0.973. The number of thiophene rings is 1. The summed E-state index contributed by atoms with van der Waals surface area (Å²) in [5, 5.41) is 10.7. The molecule has 3 heteroatoms. The molecule has 1 heterocycles. The maximum Gasteiger partial charge on any atom is 0.0963 e. The van der Waals surface area contributed by atoms with Gasteiger partial charge in [0.2, 0.25) is 0 Å². The highest BCUT2D eigenvalue weighted by molar-refractivity contribution is 7.20. The number of nitrogens with zero attached hydrogens (tertiary/aromatic N) is 1. The van der Waals surface area contributed by atoms with Gasteiger partial charge in [0.05, 0.1) is 11.1 Å². The van der Waals surface area contributed by atoms with Crippen LogP contribution >= 0.6 is 22.9 Å². The zero-order valence-corrected chi connectivity index (χ0v) is 10.4. The topological polar surface area (TPSA) is 23.8 Å². The molecule has 2 rings (SSSR count). The average Bonchev–Trinajstić information content (AvgIpc) is 2.74. The zero-order chi connectivity index (χ0) is 11.5. The molecule has 16 heavy (non-hydrogen) atoms. The van der Waals surface area contributed by atoms with Crippen molar-refractivity contribution >= 4 is 38.1 Å². The first-order valence-electron chi connectivity index (χ1n) is 5.04. The van der Waals surface area contributed by atoms with E-state index in [0.717, 1.165) is 4.88 Å². The quantitative estimate of drug-likeness (QED) is 0.701. The van der Waals surface area contributed by atoms with Gasteiger partial charge in [0.1, 0.15) is 0 Å². The van der Waals surface area contributed by atoms with Gasteiger partial charge in [-0.15, -0.1) is 11.3 Å². The fourth-order valence-electron chi connectivity index (χ4n) is 1.52. The predicted octanol–water partition coefficient (Wildman–Crippen LogP) is 4.78. The molecule has 0 amide bonds. The van der Waals surface area contributed by atoms with E-state index in [1.807, 2.05) is 25.1 Å². The minimum Gasteiger partial charge on any atom is -0.193 e. The van der Waals surface area contributed by atoms with Crippen LogP contribution in [0.5, 0.6) is 0 Å². The van der Waals surface area contributed by atoms with Crippen molar-refractivity contribution in [2.24, 2.45) is 0 Å². The van der Waals surface area contributed by atoms with Gasteiger partial charge in [-0.1, -0.05) is 36.7 Å². The lowest BCUT2D eigenvalue weighted by atomic mass is 10.2. The van der Waals surface area contributed by atoms with E-state index in [4.69, 9.17) is 16.9 Å². The van der Waals surface area contributed by atoms with Crippen molar-refractivity contribution < 1.29 is 0 Å². The van der Waals surface area contributed by atoms with Crippen LogP contribution in [-0.4, -0.2) is 0 Å². The second-order valence-corrected chi connectivity index (χ2v) is 4.87. The van der Waals surface area contributed by atoms with Gasteiger partial charge in [0.25, 0.3) is 0 Å². The molecule has 0 aliphatic carbocycles. The number of halogens is 1. The molecule has 1 aromatic heterocycles. The molecule has 0 saturated heterocycles. The minimum atomic E-state index is 0.589. The van der Waals surface area contributed by atoms with E-state index < -0.39 is 0 Å². The Bertz CT molecular complexity index is 556. The molecule has 0 saturated carbocycles. The maximum absolute atomic E-state index is 8.94. The SMILES string of the molecule is CCC(C#N)=C(Cl)c1cc2ccccc2s1. The Balaban J connectivity index is 2.57.